The lowest BCUT2D eigenvalue weighted by atomic mass is 10.0. The monoisotopic (exact) mass is 192 g/mol. The number of nitrogens with two attached hydrogens (primary N) is 1. The Morgan fingerprint density at radius 2 is 1.83 bits per heavy atom. The molecular weight excluding hydrogens is 176 g/mol. The summed E-state index contributed by atoms with van der Waals surface area (Å²) in [6.45, 7) is 0.0127. The van der Waals surface area contributed by atoms with E-state index in [1.165, 1.54) is 0 Å². The average molecular weight is 192 g/mol. The molecule has 0 aromatic heterocycles. The number of nitrogens with one attached hydrogen (secondary N) is 1. The van der Waals surface area contributed by atoms with Crippen molar-refractivity contribution < 1.29 is 8.42 Å². The van der Waals surface area contributed by atoms with E-state index < -0.39 is 10.0 Å². The zero-order valence-electron chi connectivity index (χ0n) is 7.12. The van der Waals surface area contributed by atoms with Crippen LogP contribution in [0.3, 0.4) is 0 Å². The van der Waals surface area contributed by atoms with Gasteiger partial charge in [-0.3, -0.25) is 0 Å². The normalized spacial score (nSPS) is 21.1. The molecule has 0 spiro atoms. The van der Waals surface area contributed by atoms with Crippen molar-refractivity contribution in [3.05, 3.63) is 0 Å². The van der Waals surface area contributed by atoms with Crippen molar-refractivity contribution in [2.75, 3.05) is 6.67 Å². The summed E-state index contributed by atoms with van der Waals surface area (Å²) in [6, 6.07) is 0. The van der Waals surface area contributed by atoms with Crippen molar-refractivity contribution in [3.63, 3.8) is 0 Å². The summed E-state index contributed by atoms with van der Waals surface area (Å²) in [4.78, 5) is 0. The highest BCUT2D eigenvalue weighted by Gasteiger charge is 2.25. The fourth-order valence-corrected chi connectivity index (χ4v) is 3.03. The molecule has 0 unspecified atom stereocenters. The van der Waals surface area contributed by atoms with Crippen molar-refractivity contribution >= 4 is 10.0 Å². The van der Waals surface area contributed by atoms with Crippen LogP contribution in [0.2, 0.25) is 0 Å². The van der Waals surface area contributed by atoms with Gasteiger partial charge in [-0.25, -0.2) is 13.1 Å². The van der Waals surface area contributed by atoms with Crippen LogP contribution in [0.25, 0.3) is 0 Å². The van der Waals surface area contributed by atoms with Crippen molar-refractivity contribution in [2.24, 2.45) is 5.73 Å². The Hall–Kier alpha value is -0.130. The van der Waals surface area contributed by atoms with Crippen molar-refractivity contribution in [2.45, 2.75) is 37.4 Å². The second kappa shape index (κ2) is 4.20. The minimum absolute atomic E-state index is 0.0127. The van der Waals surface area contributed by atoms with Crippen LogP contribution in [-0.4, -0.2) is 20.3 Å². The predicted molar refractivity (Wildman–Crippen MR) is 48.0 cm³/mol. The molecule has 0 heterocycles. The highest BCUT2D eigenvalue weighted by molar-refractivity contribution is 7.90. The number of hydrogen-bond acceptors (Lipinski definition) is 3. The molecule has 3 N–H and O–H groups in total. The molecule has 0 aliphatic heterocycles. The maximum atomic E-state index is 11.4. The Bertz CT molecular complexity index is 220. The fourth-order valence-electron chi connectivity index (χ4n) is 1.61. The van der Waals surface area contributed by atoms with Gasteiger partial charge in [0.05, 0.1) is 11.9 Å². The van der Waals surface area contributed by atoms with Crippen molar-refractivity contribution in [3.8, 4) is 0 Å². The molecule has 5 heteroatoms. The molecule has 1 aliphatic carbocycles. The molecule has 0 amide bonds. The first kappa shape index (κ1) is 9.95. The Labute approximate surface area is 73.6 Å². The number of sulfonamides is 1. The molecule has 1 fully saturated rings. The van der Waals surface area contributed by atoms with Gasteiger partial charge in [0.1, 0.15) is 0 Å². The Balaban J connectivity index is 2.54. The highest BCUT2D eigenvalue weighted by atomic mass is 32.2. The third-order valence-electron chi connectivity index (χ3n) is 2.28. The Morgan fingerprint density at radius 3 is 2.33 bits per heavy atom. The van der Waals surface area contributed by atoms with Crippen LogP contribution in [-0.2, 0) is 10.0 Å². The molecule has 4 nitrogen and oxygen atoms in total. The maximum absolute atomic E-state index is 11.4. The van der Waals surface area contributed by atoms with E-state index in [-0.39, 0.29) is 11.9 Å². The summed E-state index contributed by atoms with van der Waals surface area (Å²) < 4.78 is 25.1. The second-order valence-electron chi connectivity index (χ2n) is 3.15. The second-order valence-corrected chi connectivity index (χ2v) is 5.20. The summed E-state index contributed by atoms with van der Waals surface area (Å²) in [5.41, 5.74) is 5.13. The number of hydrogen-bond donors (Lipinski definition) is 2. The van der Waals surface area contributed by atoms with Gasteiger partial charge in [-0.05, 0) is 12.8 Å². The summed E-state index contributed by atoms with van der Waals surface area (Å²) >= 11 is 0. The fraction of sp³-hybridized carbons (Fsp3) is 1.00. The lowest BCUT2D eigenvalue weighted by Crippen LogP contribution is -2.38. The van der Waals surface area contributed by atoms with Gasteiger partial charge in [0.15, 0.2) is 0 Å². The molecule has 0 bridgehead atoms. The largest absolute Gasteiger partial charge is 0.318 e. The van der Waals surface area contributed by atoms with E-state index in [2.05, 4.69) is 4.72 Å². The van der Waals surface area contributed by atoms with E-state index in [9.17, 15) is 8.42 Å². The van der Waals surface area contributed by atoms with Gasteiger partial charge < -0.3 is 5.73 Å². The zero-order valence-corrected chi connectivity index (χ0v) is 7.94. The molecule has 0 atom stereocenters. The molecule has 12 heavy (non-hydrogen) atoms. The van der Waals surface area contributed by atoms with Crippen LogP contribution in [0, 0.1) is 0 Å². The molecule has 1 aliphatic rings. The molecule has 0 aromatic carbocycles. The third kappa shape index (κ3) is 2.43. The van der Waals surface area contributed by atoms with Gasteiger partial charge in [0.2, 0.25) is 10.0 Å². The van der Waals surface area contributed by atoms with E-state index in [1.54, 1.807) is 0 Å². The first-order chi connectivity index (χ1) is 5.67. The smallest absolute Gasteiger partial charge is 0.215 e. The molecule has 1 saturated carbocycles. The lowest BCUT2D eigenvalue weighted by Gasteiger charge is -2.21. The predicted octanol–water partition coefficient (Wildman–Crippen LogP) is 0.155. The highest BCUT2D eigenvalue weighted by Crippen LogP contribution is 2.22. The summed E-state index contributed by atoms with van der Waals surface area (Å²) in [5.74, 6) is 0. The van der Waals surface area contributed by atoms with Gasteiger partial charge >= 0.3 is 0 Å². The Kier molecular flexibility index (Phi) is 3.49. The van der Waals surface area contributed by atoms with Gasteiger partial charge in [-0.15, -0.1) is 0 Å². The van der Waals surface area contributed by atoms with E-state index in [4.69, 9.17) is 5.73 Å². The van der Waals surface area contributed by atoms with Crippen LogP contribution < -0.4 is 10.5 Å². The van der Waals surface area contributed by atoms with Crippen LogP contribution >= 0.6 is 0 Å². The van der Waals surface area contributed by atoms with Crippen molar-refractivity contribution in [1.29, 1.82) is 0 Å². The van der Waals surface area contributed by atoms with Crippen LogP contribution in [0.15, 0.2) is 0 Å². The van der Waals surface area contributed by atoms with E-state index >= 15 is 0 Å². The molecule has 1 rings (SSSR count). The first-order valence-corrected chi connectivity index (χ1v) is 5.90. The topological polar surface area (TPSA) is 72.2 Å². The minimum atomic E-state index is -3.11. The SMILES string of the molecule is NCNS(=O)(=O)C1CCCCC1. The molecule has 0 aromatic rings. The summed E-state index contributed by atoms with van der Waals surface area (Å²) in [6.07, 6.45) is 4.78. The first-order valence-electron chi connectivity index (χ1n) is 4.35. The summed E-state index contributed by atoms with van der Waals surface area (Å²) in [5, 5.41) is -0.199. The quantitative estimate of drug-likeness (QED) is 0.625. The lowest BCUT2D eigenvalue weighted by molar-refractivity contribution is 0.478. The third-order valence-corrected chi connectivity index (χ3v) is 4.19. The van der Waals surface area contributed by atoms with Gasteiger partial charge in [0.25, 0.3) is 0 Å². The van der Waals surface area contributed by atoms with E-state index in [0.29, 0.717) is 0 Å². The van der Waals surface area contributed by atoms with Gasteiger partial charge in [-0.1, -0.05) is 19.3 Å². The van der Waals surface area contributed by atoms with Gasteiger partial charge in [0, 0.05) is 0 Å². The average Bonchev–Trinajstić information content (AvgIpc) is 2.06. The van der Waals surface area contributed by atoms with Crippen LogP contribution in [0.5, 0.6) is 0 Å². The van der Waals surface area contributed by atoms with Crippen LogP contribution in [0.1, 0.15) is 32.1 Å². The standard InChI is InChI=1S/C7H16N2O2S/c8-6-9-12(10,11)7-4-2-1-3-5-7/h7,9H,1-6,8H2. The van der Waals surface area contributed by atoms with E-state index in [1.807, 2.05) is 0 Å². The van der Waals surface area contributed by atoms with Crippen LogP contribution in [0.4, 0.5) is 0 Å². The number of rotatable bonds is 3. The zero-order chi connectivity index (χ0) is 9.03. The molecule has 0 saturated heterocycles. The van der Waals surface area contributed by atoms with Crippen molar-refractivity contribution in [1.82, 2.24) is 4.72 Å². The molecular formula is C7H16N2O2S. The molecule has 0 radical (unpaired) electrons. The van der Waals surface area contributed by atoms with E-state index in [0.717, 1.165) is 32.1 Å². The van der Waals surface area contributed by atoms with Gasteiger partial charge in [-0.2, -0.15) is 0 Å². The molecule has 72 valence electrons. The maximum Gasteiger partial charge on any atom is 0.215 e. The summed E-state index contributed by atoms with van der Waals surface area (Å²) in [7, 11) is -3.11. The minimum Gasteiger partial charge on any atom is -0.318 e. The Morgan fingerprint density at radius 1 is 1.25 bits per heavy atom.